The van der Waals surface area contributed by atoms with Crippen molar-refractivity contribution in [2.24, 2.45) is 0 Å². The zero-order valence-electron chi connectivity index (χ0n) is 14.4. The Hall–Kier alpha value is -2.58. The zero-order valence-corrected chi connectivity index (χ0v) is 15.2. The Kier molecular flexibility index (Phi) is 5.86. The van der Waals surface area contributed by atoms with Gasteiger partial charge in [0.05, 0.1) is 0 Å². The van der Waals surface area contributed by atoms with E-state index in [1.54, 1.807) is 23.5 Å². The fraction of sp³-hybridized carbons (Fsp3) is 0.130. The second kappa shape index (κ2) is 8.50. The SMILES string of the molecule is Cc1ccccc1Cc1ccccccsc1Cc1ccc(O)cc1. The molecule has 0 radical (unpaired) electrons. The number of hydrogen-bond donors (Lipinski definition) is 1. The molecule has 1 heterocycles. The van der Waals surface area contributed by atoms with Gasteiger partial charge in [-0.2, -0.15) is 0 Å². The van der Waals surface area contributed by atoms with Gasteiger partial charge in [-0.15, -0.1) is 11.3 Å². The molecule has 0 aliphatic rings. The van der Waals surface area contributed by atoms with E-state index in [0.29, 0.717) is 5.75 Å². The normalized spacial score (nSPS) is 10.3. The van der Waals surface area contributed by atoms with Crippen LogP contribution in [0.25, 0.3) is 0 Å². The summed E-state index contributed by atoms with van der Waals surface area (Å²) in [6.45, 7) is 2.17. The molecule has 25 heavy (non-hydrogen) atoms. The summed E-state index contributed by atoms with van der Waals surface area (Å²) in [5, 5.41) is 11.6. The molecule has 3 rings (SSSR count). The van der Waals surface area contributed by atoms with E-state index in [4.69, 9.17) is 0 Å². The van der Waals surface area contributed by atoms with Gasteiger partial charge < -0.3 is 5.11 Å². The molecule has 0 spiro atoms. The van der Waals surface area contributed by atoms with E-state index in [0.717, 1.165) is 12.8 Å². The Morgan fingerprint density at radius 2 is 1.40 bits per heavy atom. The summed E-state index contributed by atoms with van der Waals surface area (Å²) >= 11 is 1.78. The van der Waals surface area contributed by atoms with Crippen LogP contribution < -0.4 is 0 Å². The molecule has 0 amide bonds. The van der Waals surface area contributed by atoms with Crippen molar-refractivity contribution in [2.45, 2.75) is 19.8 Å². The van der Waals surface area contributed by atoms with Crippen LogP contribution in [0.4, 0.5) is 0 Å². The Balaban J connectivity index is 2.02. The number of phenols is 1. The molecular weight excluding hydrogens is 324 g/mol. The highest BCUT2D eigenvalue weighted by atomic mass is 32.1. The van der Waals surface area contributed by atoms with E-state index >= 15 is 0 Å². The fourth-order valence-electron chi connectivity index (χ4n) is 2.76. The lowest BCUT2D eigenvalue weighted by atomic mass is 9.99. The molecular formula is C23H22OS. The summed E-state index contributed by atoms with van der Waals surface area (Å²) in [4.78, 5) is 1.34. The first-order chi connectivity index (χ1) is 12.2. The Morgan fingerprint density at radius 1 is 0.720 bits per heavy atom. The van der Waals surface area contributed by atoms with Crippen molar-refractivity contribution in [3.05, 3.63) is 111 Å². The third kappa shape index (κ3) is 4.94. The summed E-state index contributed by atoms with van der Waals surface area (Å²) in [5.74, 6) is 0.309. The van der Waals surface area contributed by atoms with Gasteiger partial charge in [-0.25, -0.2) is 0 Å². The van der Waals surface area contributed by atoms with Gasteiger partial charge in [0, 0.05) is 11.3 Å². The number of aryl methyl sites for hydroxylation is 1. The quantitative estimate of drug-likeness (QED) is 0.608. The molecule has 0 fully saturated rings. The van der Waals surface area contributed by atoms with Crippen LogP contribution in [0.5, 0.6) is 5.75 Å². The lowest BCUT2D eigenvalue weighted by Crippen LogP contribution is -1.96. The molecule has 3 aromatic rings. The fourth-order valence-corrected chi connectivity index (χ4v) is 3.64. The molecule has 0 saturated heterocycles. The van der Waals surface area contributed by atoms with Crippen LogP contribution in [0.1, 0.15) is 27.1 Å². The lowest BCUT2D eigenvalue weighted by molar-refractivity contribution is 0.475. The second-order valence-electron chi connectivity index (χ2n) is 6.09. The molecule has 1 aromatic heterocycles. The first-order valence-corrected chi connectivity index (χ1v) is 9.31. The predicted octanol–water partition coefficient (Wildman–Crippen LogP) is 6.07. The van der Waals surface area contributed by atoms with Crippen LogP contribution in [-0.2, 0) is 12.8 Å². The van der Waals surface area contributed by atoms with E-state index in [1.807, 2.05) is 12.1 Å². The topological polar surface area (TPSA) is 20.2 Å². The minimum absolute atomic E-state index is 0.309. The first-order valence-electron chi connectivity index (χ1n) is 8.43. The maximum absolute atomic E-state index is 9.51. The zero-order chi connectivity index (χ0) is 17.5. The van der Waals surface area contributed by atoms with Crippen molar-refractivity contribution in [1.82, 2.24) is 0 Å². The van der Waals surface area contributed by atoms with E-state index < -0.39 is 0 Å². The van der Waals surface area contributed by atoms with Gasteiger partial charge in [0.2, 0.25) is 0 Å². The van der Waals surface area contributed by atoms with Gasteiger partial charge in [0.1, 0.15) is 5.75 Å². The highest BCUT2D eigenvalue weighted by Gasteiger charge is 2.06. The molecule has 2 aromatic carbocycles. The van der Waals surface area contributed by atoms with Gasteiger partial charge >= 0.3 is 0 Å². The molecule has 0 aliphatic heterocycles. The molecule has 0 atom stereocenters. The first kappa shape index (κ1) is 17.2. The number of benzene rings is 2. The molecule has 0 saturated carbocycles. The number of aromatic hydroxyl groups is 1. The van der Waals surface area contributed by atoms with Crippen LogP contribution in [0.15, 0.2) is 84.2 Å². The molecule has 0 bridgehead atoms. The highest BCUT2D eigenvalue weighted by Crippen LogP contribution is 2.22. The Labute approximate surface area is 153 Å². The lowest BCUT2D eigenvalue weighted by Gasteiger charge is -2.09. The molecule has 1 N–H and O–H groups in total. The smallest absolute Gasteiger partial charge is 0.115 e. The van der Waals surface area contributed by atoms with Gasteiger partial charge in [0.15, 0.2) is 0 Å². The third-order valence-corrected chi connectivity index (χ3v) is 5.21. The predicted molar refractivity (Wildman–Crippen MR) is 107 cm³/mol. The van der Waals surface area contributed by atoms with Crippen LogP contribution in [-0.4, -0.2) is 5.11 Å². The van der Waals surface area contributed by atoms with Crippen molar-refractivity contribution < 1.29 is 5.11 Å². The number of phenolic OH excluding ortho intramolecular Hbond substituents is 1. The van der Waals surface area contributed by atoms with Gasteiger partial charge in [-0.1, -0.05) is 66.7 Å². The van der Waals surface area contributed by atoms with E-state index in [1.165, 1.54) is 27.1 Å². The summed E-state index contributed by atoms with van der Waals surface area (Å²) in [5.41, 5.74) is 5.22. The largest absolute Gasteiger partial charge is 0.508 e. The molecule has 0 unspecified atom stereocenters. The van der Waals surface area contributed by atoms with Crippen molar-refractivity contribution >= 4 is 11.3 Å². The van der Waals surface area contributed by atoms with Crippen molar-refractivity contribution in [1.29, 1.82) is 0 Å². The molecule has 126 valence electrons. The van der Waals surface area contributed by atoms with Crippen molar-refractivity contribution in [2.75, 3.05) is 0 Å². The maximum atomic E-state index is 9.51. The molecule has 1 nitrogen and oxygen atoms in total. The number of rotatable bonds is 4. The maximum Gasteiger partial charge on any atom is 0.115 e. The standard InChI is InChI=1S/C23H22OS/c1-18-8-5-6-9-20(18)17-21-10-4-2-3-7-15-25-23(21)16-19-11-13-22(24)14-12-19/h2-15,24H,16-17H2,1H3. The van der Waals surface area contributed by atoms with Crippen molar-refractivity contribution in [3.63, 3.8) is 0 Å². The summed E-state index contributed by atoms with van der Waals surface area (Å²) in [6.07, 6.45) is 1.78. The van der Waals surface area contributed by atoms with Gasteiger partial charge in [0.25, 0.3) is 0 Å². The van der Waals surface area contributed by atoms with E-state index in [9.17, 15) is 5.11 Å². The third-order valence-electron chi connectivity index (χ3n) is 4.22. The monoisotopic (exact) mass is 346 g/mol. The van der Waals surface area contributed by atoms with Crippen LogP contribution in [0, 0.1) is 6.92 Å². The Bertz CT molecular complexity index is 876. The summed E-state index contributed by atoms with van der Waals surface area (Å²) < 4.78 is 0. The second-order valence-corrected chi connectivity index (χ2v) is 7.09. The van der Waals surface area contributed by atoms with Gasteiger partial charge in [-0.3, -0.25) is 0 Å². The number of hydrogen-bond acceptors (Lipinski definition) is 2. The van der Waals surface area contributed by atoms with Crippen LogP contribution >= 0.6 is 11.3 Å². The summed E-state index contributed by atoms with van der Waals surface area (Å²) in [6, 6.07) is 26.6. The Morgan fingerprint density at radius 3 is 2.20 bits per heavy atom. The highest BCUT2D eigenvalue weighted by molar-refractivity contribution is 7.09. The minimum atomic E-state index is 0.309. The van der Waals surface area contributed by atoms with Gasteiger partial charge in [-0.05, 0) is 53.1 Å². The van der Waals surface area contributed by atoms with E-state index in [2.05, 4.69) is 66.9 Å². The van der Waals surface area contributed by atoms with E-state index in [-0.39, 0.29) is 0 Å². The minimum Gasteiger partial charge on any atom is -0.508 e. The van der Waals surface area contributed by atoms with Crippen molar-refractivity contribution in [3.8, 4) is 5.75 Å². The van der Waals surface area contributed by atoms with Crippen LogP contribution in [0.3, 0.4) is 0 Å². The van der Waals surface area contributed by atoms with Crippen LogP contribution in [0.2, 0.25) is 0 Å². The molecule has 0 aliphatic carbocycles. The summed E-state index contributed by atoms with van der Waals surface area (Å²) in [7, 11) is 0. The average Bonchev–Trinajstić information content (AvgIpc) is 2.72. The molecule has 2 heteroatoms. The average molecular weight is 346 g/mol.